The number of anilines is 1. The molecule has 3 aliphatic rings. The van der Waals surface area contributed by atoms with E-state index >= 15 is 8.78 Å². The van der Waals surface area contributed by atoms with E-state index in [0.717, 1.165) is 82.8 Å². The zero-order valence-electron chi connectivity index (χ0n) is 43.8. The third kappa shape index (κ3) is 14.0. The van der Waals surface area contributed by atoms with Crippen LogP contribution in [0.15, 0.2) is 61.1 Å². The maximum Gasteiger partial charge on any atom is 0.407 e. The van der Waals surface area contributed by atoms with Gasteiger partial charge in [0.05, 0.1) is 62.3 Å². The number of carbonyl (C=O) groups is 4. The standard InChI is InChI=1S/C52H62F7N11O8/c1-50(2,3)42(63-48(74)76-6)45(73)66-68(25-36-37(53)19-32(20-38(36)54)39-16-17-69(65-39)46(55)56)26-41(71)40(62-44(72)43(64-49(75)77-7)51(4,5)52(57,58)59)18-30-11-8-29(9-12-30)10-13-31-21-60-47(61-22-31)67-23-33-14-15-34(24-67)70(33)35-27-78-28-35/h8-9,11-12,16-17,19-22,33-35,40-43,46,71H,14-15,18,23-28H2,1-7H3,(H,62,72)(H,63,74)(H,64,75)(H,66,73)/t33?,34?,40-,41-,42+,43+/m0/s1. The predicted octanol–water partition coefficient (Wildman–Crippen LogP) is 5.47. The van der Waals surface area contributed by atoms with Gasteiger partial charge in [0.15, 0.2) is 0 Å². The van der Waals surface area contributed by atoms with Crippen molar-refractivity contribution in [2.45, 2.75) is 116 Å². The normalized spacial score (nSPS) is 18.5. The SMILES string of the molecule is COC(=O)N[C@H](C(=O)NN(Cc1c(F)cc(-c2ccn(C(F)F)n2)cc1F)C[C@H](O)[C@H](Cc1ccc(C#Cc2cnc(N3CC4CCC(C3)N4C3COC3)nc2)cc1)NC(=O)[C@@H](NC(=O)OC)C(C)(C)C(F)(F)F)C(C)(C)C. The van der Waals surface area contributed by atoms with Crippen molar-refractivity contribution >= 4 is 29.9 Å². The molecule has 2 unspecified atom stereocenters. The fraction of sp³-hybridized carbons (Fsp3) is 0.519. The highest BCUT2D eigenvalue weighted by atomic mass is 19.4. The topological polar surface area (TPSA) is 218 Å². The van der Waals surface area contributed by atoms with Crippen LogP contribution in [0.1, 0.15) is 76.3 Å². The largest absolute Gasteiger partial charge is 0.453 e. The molecule has 0 spiro atoms. The first-order valence-electron chi connectivity index (χ1n) is 24.9. The number of benzene rings is 2. The first-order valence-corrected chi connectivity index (χ1v) is 24.9. The van der Waals surface area contributed by atoms with Crippen LogP contribution in [-0.4, -0.2) is 154 Å². The summed E-state index contributed by atoms with van der Waals surface area (Å²) in [7, 11) is 1.92. The van der Waals surface area contributed by atoms with Gasteiger partial charge in [-0.1, -0.05) is 44.7 Å². The van der Waals surface area contributed by atoms with Crippen molar-refractivity contribution < 1.29 is 69.2 Å². The van der Waals surface area contributed by atoms with Crippen LogP contribution in [0.5, 0.6) is 0 Å². The van der Waals surface area contributed by atoms with Gasteiger partial charge in [0.25, 0.3) is 5.91 Å². The highest BCUT2D eigenvalue weighted by Gasteiger charge is 2.56. The molecule has 2 bridgehead atoms. The molecule has 0 saturated carbocycles. The number of aromatic nitrogens is 4. The number of ether oxygens (including phenoxy) is 3. The highest BCUT2D eigenvalue weighted by molar-refractivity contribution is 5.87. The molecule has 2 aromatic heterocycles. The van der Waals surface area contributed by atoms with E-state index in [9.17, 15) is 46.2 Å². The predicted molar refractivity (Wildman–Crippen MR) is 267 cm³/mol. The van der Waals surface area contributed by atoms with Gasteiger partial charge < -0.3 is 40.2 Å². The number of carbonyl (C=O) groups excluding carboxylic acids is 4. The van der Waals surface area contributed by atoms with E-state index in [1.807, 2.05) is 5.32 Å². The summed E-state index contributed by atoms with van der Waals surface area (Å²) >= 11 is 0. The summed E-state index contributed by atoms with van der Waals surface area (Å²) in [6.45, 7) is 4.45. The number of methoxy groups -OCH3 is 2. The molecule has 5 heterocycles. The fourth-order valence-corrected chi connectivity index (χ4v) is 9.49. The Kier molecular flexibility index (Phi) is 18.3. The van der Waals surface area contributed by atoms with E-state index < -0.39 is 102 Å². The number of rotatable bonds is 18. The first-order chi connectivity index (χ1) is 36.8. The lowest BCUT2D eigenvalue weighted by atomic mass is 9.82. The van der Waals surface area contributed by atoms with Gasteiger partial charge in [0.2, 0.25) is 11.9 Å². The van der Waals surface area contributed by atoms with Crippen LogP contribution in [0.4, 0.5) is 46.3 Å². The Morgan fingerprint density at radius 3 is 1.91 bits per heavy atom. The Balaban J connectivity index is 1.16. The summed E-state index contributed by atoms with van der Waals surface area (Å²) in [6.07, 6.45) is -3.39. The van der Waals surface area contributed by atoms with Crippen molar-refractivity contribution in [3.8, 4) is 23.1 Å². The number of alkyl carbamates (subject to hydrolysis) is 2. The number of hydrazine groups is 1. The zero-order valence-corrected chi connectivity index (χ0v) is 43.8. The molecule has 19 nitrogen and oxygen atoms in total. The van der Waals surface area contributed by atoms with Gasteiger partial charge in [-0.15, -0.1) is 0 Å². The lowest BCUT2D eigenvalue weighted by Crippen LogP contribution is -2.63. The monoisotopic (exact) mass is 1100 g/mol. The van der Waals surface area contributed by atoms with Crippen LogP contribution in [0.3, 0.4) is 0 Å². The molecule has 3 aliphatic heterocycles. The van der Waals surface area contributed by atoms with E-state index in [1.165, 1.54) is 0 Å². The average molecular weight is 1100 g/mol. The number of nitrogens with one attached hydrogen (secondary N) is 4. The summed E-state index contributed by atoms with van der Waals surface area (Å²) in [5.74, 6) is 1.77. The smallest absolute Gasteiger partial charge is 0.407 e. The lowest BCUT2D eigenvalue weighted by molar-refractivity contribution is -0.220. The van der Waals surface area contributed by atoms with Crippen LogP contribution in [0.2, 0.25) is 0 Å². The summed E-state index contributed by atoms with van der Waals surface area (Å²) in [5.41, 5.74) is -1.28. The third-order valence-electron chi connectivity index (χ3n) is 14.1. The molecule has 7 rings (SSSR count). The molecule has 3 fully saturated rings. The zero-order chi connectivity index (χ0) is 56.9. The molecule has 4 aromatic rings. The van der Waals surface area contributed by atoms with E-state index in [0.29, 0.717) is 54.6 Å². The Labute approximate surface area is 445 Å². The lowest BCUT2D eigenvalue weighted by Gasteiger charge is -2.47. The number of hydrogen-bond acceptors (Lipinski definition) is 14. The molecule has 4 amide bonds. The minimum absolute atomic E-state index is 0.208. The minimum Gasteiger partial charge on any atom is -0.453 e. The molecular formula is C52H62F7N11O8. The number of aliphatic hydroxyl groups excluding tert-OH is 1. The molecule has 422 valence electrons. The van der Waals surface area contributed by atoms with Crippen LogP contribution in [-0.2, 0) is 36.8 Å². The van der Waals surface area contributed by atoms with Gasteiger partial charge >= 0.3 is 24.9 Å². The van der Waals surface area contributed by atoms with Gasteiger partial charge in [-0.05, 0) is 74.4 Å². The number of amides is 4. The van der Waals surface area contributed by atoms with Crippen LogP contribution >= 0.6 is 0 Å². The summed E-state index contributed by atoms with van der Waals surface area (Å²) in [4.78, 5) is 66.9. The second kappa shape index (κ2) is 24.3. The third-order valence-corrected chi connectivity index (χ3v) is 14.1. The Morgan fingerprint density at radius 2 is 1.40 bits per heavy atom. The number of nitrogens with zero attached hydrogens (tertiary/aromatic N) is 7. The quantitative estimate of drug-likeness (QED) is 0.0475. The van der Waals surface area contributed by atoms with Gasteiger partial charge in [-0.2, -0.15) is 27.1 Å². The Bertz CT molecular complexity index is 2800. The number of alkyl halides is 5. The van der Waals surface area contributed by atoms with Crippen molar-refractivity contribution in [2.75, 3.05) is 52.0 Å². The second-order valence-corrected chi connectivity index (χ2v) is 21.0. The maximum absolute atomic E-state index is 16.0. The van der Waals surface area contributed by atoms with Gasteiger partial charge in [0, 0.05) is 73.5 Å². The van der Waals surface area contributed by atoms with Crippen LogP contribution in [0.25, 0.3) is 11.3 Å². The van der Waals surface area contributed by atoms with E-state index in [2.05, 4.69) is 57.5 Å². The van der Waals surface area contributed by atoms with Crippen molar-refractivity contribution in [1.29, 1.82) is 0 Å². The first kappa shape index (κ1) is 58.6. The number of halogens is 7. The van der Waals surface area contributed by atoms with Crippen molar-refractivity contribution in [1.82, 2.24) is 51.0 Å². The maximum atomic E-state index is 16.0. The summed E-state index contributed by atoms with van der Waals surface area (Å²) in [6, 6.07) is 5.01. The molecule has 78 heavy (non-hydrogen) atoms. The summed E-state index contributed by atoms with van der Waals surface area (Å²) < 4.78 is 117. The number of fused-ring (bicyclic) bond motifs is 2. The fourth-order valence-electron chi connectivity index (χ4n) is 9.49. The van der Waals surface area contributed by atoms with Crippen LogP contribution < -0.4 is 26.3 Å². The molecule has 2 aromatic carbocycles. The average Bonchev–Trinajstić information content (AvgIpc) is 3.96. The van der Waals surface area contributed by atoms with Gasteiger partial charge in [0.1, 0.15) is 23.7 Å². The highest BCUT2D eigenvalue weighted by Crippen LogP contribution is 2.41. The van der Waals surface area contributed by atoms with Crippen molar-refractivity contribution in [2.24, 2.45) is 10.8 Å². The van der Waals surface area contributed by atoms with E-state index in [4.69, 9.17) is 9.47 Å². The van der Waals surface area contributed by atoms with Gasteiger partial charge in [-0.3, -0.25) is 19.9 Å². The molecule has 26 heteroatoms. The molecular weight excluding hydrogens is 1040 g/mol. The molecule has 3 saturated heterocycles. The van der Waals surface area contributed by atoms with E-state index in [-0.39, 0.29) is 22.4 Å². The number of piperazine rings is 1. The second-order valence-electron chi connectivity index (χ2n) is 21.0. The number of aliphatic hydroxyl groups is 1. The van der Waals surface area contributed by atoms with Crippen molar-refractivity contribution in [3.05, 3.63) is 94.9 Å². The molecule has 0 aliphatic carbocycles. The van der Waals surface area contributed by atoms with Gasteiger partial charge in [-0.25, -0.2) is 38.0 Å². The minimum atomic E-state index is -5.09. The molecule has 5 N–H and O–H groups in total. The van der Waals surface area contributed by atoms with Crippen LogP contribution in [0, 0.1) is 34.3 Å². The molecule has 6 atom stereocenters. The van der Waals surface area contributed by atoms with Crippen molar-refractivity contribution in [3.63, 3.8) is 0 Å². The number of hydrogen-bond donors (Lipinski definition) is 5. The Hall–Kier alpha value is -7.08. The molecule has 0 radical (unpaired) electrons. The Morgan fingerprint density at radius 1 is 0.821 bits per heavy atom. The summed E-state index contributed by atoms with van der Waals surface area (Å²) in [5, 5.41) is 23.3. The van der Waals surface area contributed by atoms with E-state index in [1.54, 1.807) is 57.4 Å².